The van der Waals surface area contributed by atoms with Gasteiger partial charge in [-0.3, -0.25) is 14.6 Å². The summed E-state index contributed by atoms with van der Waals surface area (Å²) in [6.07, 6.45) is 3.87. The van der Waals surface area contributed by atoms with Gasteiger partial charge in [-0.2, -0.15) is 0 Å². The summed E-state index contributed by atoms with van der Waals surface area (Å²) >= 11 is 0. The fourth-order valence-corrected chi connectivity index (χ4v) is 2.53. The maximum Gasteiger partial charge on any atom is 0.309 e. The minimum absolute atomic E-state index is 0.0692. The normalized spacial score (nSPS) is 18.9. The average molecular weight is 278 g/mol. The maximum absolute atomic E-state index is 12.6. The first-order valence-corrected chi connectivity index (χ1v) is 6.71. The number of nitrogens with zero attached hydrogens (tertiary/aromatic N) is 2. The van der Waals surface area contributed by atoms with Crippen LogP contribution in [0.15, 0.2) is 18.3 Å². The van der Waals surface area contributed by atoms with Crippen molar-refractivity contribution < 1.29 is 19.8 Å². The van der Waals surface area contributed by atoms with E-state index in [1.165, 1.54) is 6.20 Å². The fraction of sp³-hybridized carbons (Fsp3) is 0.500. The minimum Gasteiger partial charge on any atom is -0.481 e. The zero-order valence-electron chi connectivity index (χ0n) is 11.2. The summed E-state index contributed by atoms with van der Waals surface area (Å²) in [6.45, 7) is 0.520. The molecule has 1 aromatic heterocycles. The Labute approximate surface area is 117 Å². The Bertz CT molecular complexity index is 504. The molecule has 1 amide bonds. The summed E-state index contributed by atoms with van der Waals surface area (Å²) in [4.78, 5) is 29.0. The van der Waals surface area contributed by atoms with E-state index in [0.29, 0.717) is 12.1 Å². The summed E-state index contributed by atoms with van der Waals surface area (Å²) in [5.74, 6) is -1.26. The van der Waals surface area contributed by atoms with Crippen LogP contribution in [0, 0.1) is 0 Å². The second-order valence-electron chi connectivity index (χ2n) is 4.90. The van der Waals surface area contributed by atoms with Crippen LogP contribution in [0.3, 0.4) is 0 Å². The second kappa shape index (κ2) is 6.47. The molecule has 1 aromatic rings. The predicted molar refractivity (Wildman–Crippen MR) is 71.3 cm³/mol. The van der Waals surface area contributed by atoms with Crippen molar-refractivity contribution in [3.05, 3.63) is 29.6 Å². The molecule has 0 saturated carbocycles. The molecule has 6 nitrogen and oxygen atoms in total. The Kier molecular flexibility index (Phi) is 4.68. The van der Waals surface area contributed by atoms with Crippen molar-refractivity contribution in [2.24, 2.45) is 0 Å². The molecule has 1 atom stereocenters. The van der Waals surface area contributed by atoms with Crippen LogP contribution in [-0.2, 0) is 11.2 Å². The quantitative estimate of drug-likeness (QED) is 0.846. The highest BCUT2D eigenvalue weighted by molar-refractivity contribution is 5.96. The first-order valence-electron chi connectivity index (χ1n) is 6.71. The van der Waals surface area contributed by atoms with Crippen molar-refractivity contribution in [1.82, 2.24) is 9.88 Å². The lowest BCUT2D eigenvalue weighted by Gasteiger charge is -2.34. The Morgan fingerprint density at radius 2 is 2.20 bits per heavy atom. The standard InChI is InChI=1S/C14H18N2O4/c17-9-10-4-1-2-7-16(10)14(20)11-5-3-6-15-12(11)8-13(18)19/h3,5-6,10,17H,1-2,4,7-9H2,(H,18,19)/t10-/m0/s1. The molecule has 1 saturated heterocycles. The number of piperidine rings is 1. The van der Waals surface area contributed by atoms with Gasteiger partial charge in [-0.15, -0.1) is 0 Å². The zero-order chi connectivity index (χ0) is 14.5. The van der Waals surface area contributed by atoms with E-state index in [0.717, 1.165) is 19.3 Å². The van der Waals surface area contributed by atoms with Crippen molar-refractivity contribution >= 4 is 11.9 Å². The largest absolute Gasteiger partial charge is 0.481 e. The molecule has 2 rings (SSSR count). The first-order chi connectivity index (χ1) is 9.63. The highest BCUT2D eigenvalue weighted by atomic mass is 16.4. The third kappa shape index (κ3) is 3.14. The first kappa shape index (κ1) is 14.5. The summed E-state index contributed by atoms with van der Waals surface area (Å²) < 4.78 is 0. The third-order valence-corrected chi connectivity index (χ3v) is 3.54. The van der Waals surface area contributed by atoms with Gasteiger partial charge < -0.3 is 15.1 Å². The lowest BCUT2D eigenvalue weighted by molar-refractivity contribution is -0.136. The van der Waals surface area contributed by atoms with Crippen molar-refractivity contribution in [3.63, 3.8) is 0 Å². The number of carbonyl (C=O) groups is 2. The lowest BCUT2D eigenvalue weighted by atomic mass is 10.0. The van der Waals surface area contributed by atoms with Crippen LogP contribution in [-0.4, -0.2) is 51.2 Å². The van der Waals surface area contributed by atoms with E-state index >= 15 is 0 Å². The van der Waals surface area contributed by atoms with Crippen molar-refractivity contribution in [1.29, 1.82) is 0 Å². The van der Waals surface area contributed by atoms with Crippen LogP contribution in [0.5, 0.6) is 0 Å². The fourth-order valence-electron chi connectivity index (χ4n) is 2.53. The summed E-state index contributed by atoms with van der Waals surface area (Å²) in [5.41, 5.74) is 0.586. The highest BCUT2D eigenvalue weighted by Crippen LogP contribution is 2.20. The van der Waals surface area contributed by atoms with E-state index in [9.17, 15) is 14.7 Å². The van der Waals surface area contributed by atoms with Crippen LogP contribution >= 0.6 is 0 Å². The molecule has 0 aromatic carbocycles. The van der Waals surface area contributed by atoms with Crippen LogP contribution < -0.4 is 0 Å². The van der Waals surface area contributed by atoms with E-state index in [1.54, 1.807) is 17.0 Å². The number of hydrogen-bond donors (Lipinski definition) is 2. The molecule has 0 aliphatic carbocycles. The van der Waals surface area contributed by atoms with Gasteiger partial charge in [0.25, 0.3) is 5.91 Å². The molecule has 2 N–H and O–H groups in total. The molecule has 0 spiro atoms. The lowest BCUT2D eigenvalue weighted by Crippen LogP contribution is -2.46. The van der Waals surface area contributed by atoms with Gasteiger partial charge in [-0.05, 0) is 31.4 Å². The molecule has 1 fully saturated rings. The average Bonchev–Trinajstić information content (AvgIpc) is 2.46. The molecule has 0 radical (unpaired) electrons. The number of aliphatic hydroxyl groups excluding tert-OH is 1. The van der Waals surface area contributed by atoms with E-state index in [-0.39, 0.29) is 30.7 Å². The predicted octanol–water partition coefficient (Wildman–Crippen LogP) is 0.696. The van der Waals surface area contributed by atoms with Crippen molar-refractivity contribution in [2.75, 3.05) is 13.2 Å². The maximum atomic E-state index is 12.6. The molecular weight excluding hydrogens is 260 g/mol. The third-order valence-electron chi connectivity index (χ3n) is 3.54. The number of carboxylic acid groups (broad SMARTS) is 1. The zero-order valence-corrected chi connectivity index (χ0v) is 11.2. The van der Waals surface area contributed by atoms with Crippen LogP contribution in [0.1, 0.15) is 35.3 Å². The molecule has 0 bridgehead atoms. The summed E-state index contributed by atoms with van der Waals surface area (Å²) in [6, 6.07) is 3.03. The minimum atomic E-state index is -1.02. The van der Waals surface area contributed by atoms with E-state index in [1.807, 2.05) is 0 Å². The van der Waals surface area contributed by atoms with Gasteiger partial charge in [0.15, 0.2) is 0 Å². The number of likely N-dealkylation sites (tertiary alicyclic amines) is 1. The molecule has 1 aliphatic heterocycles. The number of aliphatic carboxylic acids is 1. The SMILES string of the molecule is O=C(O)Cc1ncccc1C(=O)N1CCCC[C@H]1CO. The number of carboxylic acids is 1. The number of rotatable bonds is 4. The van der Waals surface area contributed by atoms with Gasteiger partial charge >= 0.3 is 5.97 Å². The topological polar surface area (TPSA) is 90.7 Å². The number of pyridine rings is 1. The molecule has 108 valence electrons. The number of aliphatic hydroxyl groups is 1. The van der Waals surface area contributed by atoms with Gasteiger partial charge in [0.2, 0.25) is 0 Å². The Morgan fingerprint density at radius 3 is 2.90 bits per heavy atom. The van der Waals surface area contributed by atoms with Crippen LogP contribution in [0.25, 0.3) is 0 Å². The van der Waals surface area contributed by atoms with Gasteiger partial charge in [0.05, 0.1) is 30.3 Å². The molecule has 1 aliphatic rings. The van der Waals surface area contributed by atoms with Gasteiger partial charge in [0, 0.05) is 12.7 Å². The number of amides is 1. The summed E-state index contributed by atoms with van der Waals surface area (Å²) in [5, 5.41) is 18.2. The molecule has 6 heteroatoms. The van der Waals surface area contributed by atoms with E-state index in [2.05, 4.69) is 4.98 Å². The Balaban J connectivity index is 2.25. The molecular formula is C14H18N2O4. The van der Waals surface area contributed by atoms with Gasteiger partial charge in [-0.25, -0.2) is 0 Å². The Hall–Kier alpha value is -1.95. The van der Waals surface area contributed by atoms with E-state index in [4.69, 9.17) is 5.11 Å². The monoisotopic (exact) mass is 278 g/mol. The van der Waals surface area contributed by atoms with Crippen molar-refractivity contribution in [2.45, 2.75) is 31.7 Å². The van der Waals surface area contributed by atoms with Gasteiger partial charge in [-0.1, -0.05) is 0 Å². The van der Waals surface area contributed by atoms with Crippen LogP contribution in [0.4, 0.5) is 0 Å². The van der Waals surface area contributed by atoms with E-state index < -0.39 is 5.97 Å². The highest BCUT2D eigenvalue weighted by Gasteiger charge is 2.28. The molecule has 0 unspecified atom stereocenters. The second-order valence-corrected chi connectivity index (χ2v) is 4.90. The summed E-state index contributed by atoms with van der Waals surface area (Å²) in [7, 11) is 0. The number of hydrogen-bond acceptors (Lipinski definition) is 4. The number of aromatic nitrogens is 1. The number of carbonyl (C=O) groups excluding carboxylic acids is 1. The Morgan fingerprint density at radius 1 is 1.40 bits per heavy atom. The van der Waals surface area contributed by atoms with Crippen molar-refractivity contribution in [3.8, 4) is 0 Å². The molecule has 20 heavy (non-hydrogen) atoms. The van der Waals surface area contributed by atoms with Gasteiger partial charge in [0.1, 0.15) is 0 Å². The van der Waals surface area contributed by atoms with Crippen LogP contribution in [0.2, 0.25) is 0 Å². The smallest absolute Gasteiger partial charge is 0.309 e. The molecule has 2 heterocycles.